The Kier molecular flexibility index (Phi) is 7.31. The summed E-state index contributed by atoms with van der Waals surface area (Å²) in [4.78, 5) is 29.4. The van der Waals surface area contributed by atoms with Gasteiger partial charge in [0.25, 0.3) is 5.91 Å². The van der Waals surface area contributed by atoms with Crippen molar-refractivity contribution in [1.29, 1.82) is 0 Å². The van der Waals surface area contributed by atoms with Crippen LogP contribution in [0.1, 0.15) is 31.1 Å². The molecule has 6 nitrogen and oxygen atoms in total. The Morgan fingerprint density at radius 2 is 1.61 bits per heavy atom. The SMILES string of the molecule is COc1c(Br)cc(Br)cc1C(=O)Nc1ccc(N2CCN(C(=O)C(C)(C)C)CC2)cc1. The summed E-state index contributed by atoms with van der Waals surface area (Å²) in [6.45, 7) is 8.87. The minimum absolute atomic E-state index is 0.194. The third-order valence-corrected chi connectivity index (χ3v) is 6.20. The van der Waals surface area contributed by atoms with Gasteiger partial charge in [-0.3, -0.25) is 9.59 Å². The molecular formula is C23H27Br2N3O3. The number of benzene rings is 2. The van der Waals surface area contributed by atoms with Crippen LogP contribution in [-0.4, -0.2) is 50.0 Å². The van der Waals surface area contributed by atoms with Gasteiger partial charge in [0, 0.05) is 47.4 Å². The number of hydrogen-bond donors (Lipinski definition) is 1. The zero-order valence-electron chi connectivity index (χ0n) is 18.2. The maximum absolute atomic E-state index is 12.8. The number of nitrogens with zero attached hydrogens (tertiary/aromatic N) is 2. The summed E-state index contributed by atoms with van der Waals surface area (Å²) < 4.78 is 6.86. The molecule has 0 aromatic heterocycles. The van der Waals surface area contributed by atoms with Crippen LogP contribution in [0.15, 0.2) is 45.3 Å². The number of halogens is 2. The molecule has 2 aromatic rings. The number of nitrogens with one attached hydrogen (secondary N) is 1. The monoisotopic (exact) mass is 551 g/mol. The zero-order valence-corrected chi connectivity index (χ0v) is 21.3. The highest BCUT2D eigenvalue weighted by molar-refractivity contribution is 9.11. The van der Waals surface area contributed by atoms with E-state index in [1.54, 1.807) is 6.07 Å². The van der Waals surface area contributed by atoms with Gasteiger partial charge in [-0.15, -0.1) is 0 Å². The normalized spacial score (nSPS) is 14.4. The molecule has 1 fully saturated rings. The number of amides is 2. The lowest BCUT2D eigenvalue weighted by molar-refractivity contribution is -0.139. The van der Waals surface area contributed by atoms with Crippen molar-refractivity contribution in [3.63, 3.8) is 0 Å². The Morgan fingerprint density at radius 1 is 1.00 bits per heavy atom. The topological polar surface area (TPSA) is 61.9 Å². The number of carbonyl (C=O) groups is 2. The molecule has 0 unspecified atom stereocenters. The van der Waals surface area contributed by atoms with Gasteiger partial charge in [0.2, 0.25) is 5.91 Å². The molecule has 1 aliphatic heterocycles. The fraction of sp³-hybridized carbons (Fsp3) is 0.391. The molecule has 3 rings (SSSR count). The van der Waals surface area contributed by atoms with Crippen molar-refractivity contribution < 1.29 is 14.3 Å². The lowest BCUT2D eigenvalue weighted by Crippen LogP contribution is -2.51. The van der Waals surface area contributed by atoms with Crippen LogP contribution < -0.4 is 15.0 Å². The molecule has 0 bridgehead atoms. The first-order valence-corrected chi connectivity index (χ1v) is 11.7. The van der Waals surface area contributed by atoms with Crippen LogP contribution in [0.4, 0.5) is 11.4 Å². The van der Waals surface area contributed by atoms with E-state index < -0.39 is 0 Å². The van der Waals surface area contributed by atoms with Crippen LogP contribution in [0.2, 0.25) is 0 Å². The summed E-state index contributed by atoms with van der Waals surface area (Å²) in [5.74, 6) is 0.431. The average molecular weight is 553 g/mol. The molecule has 166 valence electrons. The Hall–Kier alpha value is -2.06. The molecule has 1 aliphatic rings. The van der Waals surface area contributed by atoms with Gasteiger partial charge >= 0.3 is 0 Å². The van der Waals surface area contributed by atoms with Crippen molar-refractivity contribution in [2.45, 2.75) is 20.8 Å². The zero-order chi connectivity index (χ0) is 22.8. The summed E-state index contributed by atoms with van der Waals surface area (Å²) in [7, 11) is 1.54. The lowest BCUT2D eigenvalue weighted by Gasteiger charge is -2.38. The minimum atomic E-state index is -0.353. The molecule has 0 radical (unpaired) electrons. The molecule has 2 aromatic carbocycles. The van der Waals surface area contributed by atoms with E-state index in [0.29, 0.717) is 34.6 Å². The molecule has 2 amide bonds. The van der Waals surface area contributed by atoms with E-state index >= 15 is 0 Å². The third-order valence-electron chi connectivity index (χ3n) is 5.16. The number of piperazine rings is 1. The van der Waals surface area contributed by atoms with Crippen molar-refractivity contribution in [3.05, 3.63) is 50.9 Å². The second kappa shape index (κ2) is 9.61. The quantitative estimate of drug-likeness (QED) is 0.568. The van der Waals surface area contributed by atoms with Crippen molar-refractivity contribution in [2.24, 2.45) is 5.41 Å². The smallest absolute Gasteiger partial charge is 0.259 e. The Morgan fingerprint density at radius 3 is 2.16 bits per heavy atom. The van der Waals surface area contributed by atoms with E-state index in [4.69, 9.17) is 4.74 Å². The Balaban J connectivity index is 1.64. The maximum Gasteiger partial charge on any atom is 0.259 e. The summed E-state index contributed by atoms with van der Waals surface area (Å²) >= 11 is 6.84. The van der Waals surface area contributed by atoms with E-state index in [9.17, 15) is 9.59 Å². The fourth-order valence-electron chi connectivity index (χ4n) is 3.53. The number of ether oxygens (including phenoxy) is 1. The fourth-order valence-corrected chi connectivity index (χ4v) is 4.92. The second-order valence-electron chi connectivity index (χ2n) is 8.50. The van der Waals surface area contributed by atoms with Crippen LogP contribution in [0.25, 0.3) is 0 Å². The minimum Gasteiger partial charge on any atom is -0.495 e. The molecule has 1 N–H and O–H groups in total. The molecule has 31 heavy (non-hydrogen) atoms. The van der Waals surface area contributed by atoms with Crippen molar-refractivity contribution in [1.82, 2.24) is 4.90 Å². The van der Waals surface area contributed by atoms with Gasteiger partial charge in [-0.2, -0.15) is 0 Å². The van der Waals surface area contributed by atoms with Gasteiger partial charge in [-0.05, 0) is 52.3 Å². The van der Waals surface area contributed by atoms with Crippen LogP contribution in [0.5, 0.6) is 5.75 Å². The van der Waals surface area contributed by atoms with Gasteiger partial charge in [0.05, 0.1) is 17.1 Å². The highest BCUT2D eigenvalue weighted by atomic mass is 79.9. The molecule has 8 heteroatoms. The molecular weight excluding hydrogens is 526 g/mol. The molecule has 0 aliphatic carbocycles. The van der Waals surface area contributed by atoms with Crippen LogP contribution in [-0.2, 0) is 4.79 Å². The van der Waals surface area contributed by atoms with Crippen molar-refractivity contribution in [2.75, 3.05) is 43.5 Å². The molecule has 0 saturated carbocycles. The number of anilines is 2. The third kappa shape index (κ3) is 5.60. The van der Waals surface area contributed by atoms with Crippen molar-refractivity contribution in [3.8, 4) is 5.75 Å². The molecule has 0 atom stereocenters. The summed E-state index contributed by atoms with van der Waals surface area (Å²) in [5.41, 5.74) is 1.86. The van der Waals surface area contributed by atoms with Crippen LogP contribution in [0.3, 0.4) is 0 Å². The predicted octanol–water partition coefficient (Wildman–Crippen LogP) is 5.17. The second-order valence-corrected chi connectivity index (χ2v) is 10.3. The number of methoxy groups -OCH3 is 1. The summed E-state index contributed by atoms with van der Waals surface area (Å²) in [5, 5.41) is 2.92. The average Bonchev–Trinajstić information content (AvgIpc) is 2.72. The van der Waals surface area contributed by atoms with Crippen molar-refractivity contribution >= 4 is 55.0 Å². The standard InChI is InChI=1S/C23H27Br2N3O3/c1-23(2,3)22(30)28-11-9-27(10-12-28)17-7-5-16(6-8-17)26-21(29)18-13-15(24)14-19(25)20(18)31-4/h5-8,13-14H,9-12H2,1-4H3,(H,26,29). The summed E-state index contributed by atoms with van der Waals surface area (Å²) in [6, 6.07) is 11.3. The first-order valence-electron chi connectivity index (χ1n) is 10.1. The first-order chi connectivity index (χ1) is 14.6. The lowest BCUT2D eigenvalue weighted by atomic mass is 9.94. The highest BCUT2D eigenvalue weighted by Crippen LogP contribution is 2.33. The van der Waals surface area contributed by atoms with E-state index in [1.165, 1.54) is 7.11 Å². The van der Waals surface area contributed by atoms with Gasteiger partial charge in [-0.25, -0.2) is 0 Å². The maximum atomic E-state index is 12.8. The largest absolute Gasteiger partial charge is 0.495 e. The van der Waals surface area contributed by atoms with Crippen LogP contribution in [0, 0.1) is 5.41 Å². The van der Waals surface area contributed by atoms with Crippen LogP contribution >= 0.6 is 31.9 Å². The number of carbonyl (C=O) groups excluding carboxylic acids is 2. The van der Waals surface area contributed by atoms with Gasteiger partial charge in [0.1, 0.15) is 5.75 Å². The van der Waals surface area contributed by atoms with E-state index in [0.717, 1.165) is 23.2 Å². The molecule has 0 spiro atoms. The van der Waals surface area contributed by atoms with Gasteiger partial charge in [-0.1, -0.05) is 36.7 Å². The summed E-state index contributed by atoms with van der Waals surface area (Å²) in [6.07, 6.45) is 0. The van der Waals surface area contributed by atoms with Gasteiger partial charge < -0.3 is 19.9 Å². The predicted molar refractivity (Wildman–Crippen MR) is 131 cm³/mol. The molecule has 1 saturated heterocycles. The Labute approximate surface area is 200 Å². The Bertz CT molecular complexity index is 963. The van der Waals surface area contributed by atoms with E-state index in [-0.39, 0.29) is 17.2 Å². The number of hydrogen-bond acceptors (Lipinski definition) is 4. The number of rotatable bonds is 4. The van der Waals surface area contributed by atoms with E-state index in [1.807, 2.05) is 56.0 Å². The highest BCUT2D eigenvalue weighted by Gasteiger charge is 2.29. The first kappa shape index (κ1) is 23.6. The van der Waals surface area contributed by atoms with E-state index in [2.05, 4.69) is 42.1 Å². The van der Waals surface area contributed by atoms with Gasteiger partial charge in [0.15, 0.2) is 0 Å². The molecule has 1 heterocycles.